The lowest BCUT2D eigenvalue weighted by Gasteiger charge is -2.12. The second kappa shape index (κ2) is 10.1. The number of aromatic nitrogens is 1. The molecule has 3 aromatic rings. The van der Waals surface area contributed by atoms with Crippen LogP contribution in [0.15, 0.2) is 47.8 Å². The number of benzene rings is 2. The third-order valence-electron chi connectivity index (χ3n) is 4.40. The fourth-order valence-electron chi connectivity index (χ4n) is 2.87. The number of carbonyl (C=O) groups excluding carboxylic acids is 1. The maximum absolute atomic E-state index is 12.1. The van der Waals surface area contributed by atoms with E-state index in [9.17, 15) is 4.79 Å². The molecular weight excluding hydrogens is 384 g/mol. The molecule has 0 aliphatic carbocycles. The van der Waals surface area contributed by atoms with Gasteiger partial charge in [-0.25, -0.2) is 4.98 Å². The number of aryl methyl sites for hydroxylation is 3. The number of nitrogens with zero attached hydrogens (tertiary/aromatic N) is 1. The minimum Gasteiger partial charge on any atom is -0.491 e. The molecule has 152 valence electrons. The zero-order valence-corrected chi connectivity index (χ0v) is 17.8. The predicted octanol–water partition coefficient (Wildman–Crippen LogP) is 4.39. The van der Waals surface area contributed by atoms with Crippen LogP contribution in [0, 0.1) is 20.8 Å². The number of thiazole rings is 1. The minimum atomic E-state index is -0.0635. The standard InChI is InChI=1S/C23H26N2O3S/c1-16-7-9-20(10-8-16)28-14-22-25-19(15-29-22)13-21(26)24-11-12-27-23-17(2)5-4-6-18(23)3/h4-10,15H,11-14H2,1-3H3,(H,24,26). The van der Waals surface area contributed by atoms with Crippen molar-refractivity contribution >= 4 is 17.2 Å². The van der Waals surface area contributed by atoms with E-state index in [1.165, 1.54) is 16.9 Å². The van der Waals surface area contributed by atoms with Gasteiger partial charge in [-0.2, -0.15) is 0 Å². The molecule has 0 fully saturated rings. The molecule has 1 aromatic heterocycles. The number of hydrogen-bond donors (Lipinski definition) is 1. The first-order valence-electron chi connectivity index (χ1n) is 9.60. The summed E-state index contributed by atoms with van der Waals surface area (Å²) in [5.74, 6) is 1.64. The van der Waals surface area contributed by atoms with Crippen molar-refractivity contribution in [3.05, 3.63) is 75.2 Å². The maximum atomic E-state index is 12.1. The number of carbonyl (C=O) groups is 1. The zero-order chi connectivity index (χ0) is 20.6. The lowest BCUT2D eigenvalue weighted by Crippen LogP contribution is -2.29. The summed E-state index contributed by atoms with van der Waals surface area (Å²) in [7, 11) is 0. The lowest BCUT2D eigenvalue weighted by molar-refractivity contribution is -0.120. The van der Waals surface area contributed by atoms with E-state index in [0.717, 1.165) is 33.3 Å². The summed E-state index contributed by atoms with van der Waals surface area (Å²) < 4.78 is 11.5. The van der Waals surface area contributed by atoms with Crippen molar-refractivity contribution in [2.75, 3.05) is 13.2 Å². The van der Waals surface area contributed by atoms with Crippen molar-refractivity contribution in [3.63, 3.8) is 0 Å². The first-order valence-corrected chi connectivity index (χ1v) is 10.5. The molecule has 0 radical (unpaired) electrons. The normalized spacial score (nSPS) is 10.6. The van der Waals surface area contributed by atoms with Crippen LogP contribution in [0.1, 0.15) is 27.4 Å². The van der Waals surface area contributed by atoms with Crippen molar-refractivity contribution in [2.24, 2.45) is 0 Å². The van der Waals surface area contributed by atoms with Crippen LogP contribution in [0.2, 0.25) is 0 Å². The monoisotopic (exact) mass is 410 g/mol. The molecule has 0 spiro atoms. The van der Waals surface area contributed by atoms with Gasteiger partial charge >= 0.3 is 0 Å². The van der Waals surface area contributed by atoms with Gasteiger partial charge in [0.15, 0.2) is 0 Å². The summed E-state index contributed by atoms with van der Waals surface area (Å²) in [6, 6.07) is 13.9. The molecule has 1 amide bonds. The summed E-state index contributed by atoms with van der Waals surface area (Å²) >= 11 is 1.50. The van der Waals surface area contributed by atoms with Gasteiger partial charge in [-0.1, -0.05) is 35.9 Å². The highest BCUT2D eigenvalue weighted by atomic mass is 32.1. The molecular formula is C23H26N2O3S. The van der Waals surface area contributed by atoms with Crippen molar-refractivity contribution in [3.8, 4) is 11.5 Å². The quantitative estimate of drug-likeness (QED) is 0.532. The molecule has 2 aromatic carbocycles. The van der Waals surface area contributed by atoms with Crippen LogP contribution in [0.5, 0.6) is 11.5 Å². The number of ether oxygens (including phenoxy) is 2. The van der Waals surface area contributed by atoms with Crippen molar-refractivity contribution in [1.29, 1.82) is 0 Å². The van der Waals surface area contributed by atoms with Crippen molar-refractivity contribution < 1.29 is 14.3 Å². The van der Waals surface area contributed by atoms with Gasteiger partial charge in [0, 0.05) is 5.38 Å². The minimum absolute atomic E-state index is 0.0635. The van der Waals surface area contributed by atoms with Gasteiger partial charge in [0.2, 0.25) is 5.91 Å². The Balaban J connectivity index is 1.39. The topological polar surface area (TPSA) is 60.5 Å². The van der Waals surface area contributed by atoms with E-state index < -0.39 is 0 Å². The zero-order valence-electron chi connectivity index (χ0n) is 17.0. The first kappa shape index (κ1) is 20.9. The number of rotatable bonds is 9. The average Bonchev–Trinajstić information content (AvgIpc) is 3.14. The van der Waals surface area contributed by atoms with Crippen LogP contribution in [0.4, 0.5) is 0 Å². The van der Waals surface area contributed by atoms with E-state index in [1.54, 1.807) is 0 Å². The number of amides is 1. The summed E-state index contributed by atoms with van der Waals surface area (Å²) in [6.45, 7) is 7.37. The molecule has 0 aliphatic heterocycles. The fraction of sp³-hybridized carbons (Fsp3) is 0.304. The molecule has 0 saturated heterocycles. The van der Waals surface area contributed by atoms with Crippen LogP contribution < -0.4 is 14.8 Å². The highest BCUT2D eigenvalue weighted by molar-refractivity contribution is 7.09. The number of nitrogens with one attached hydrogen (secondary N) is 1. The van der Waals surface area contributed by atoms with Crippen LogP contribution in [-0.2, 0) is 17.8 Å². The van der Waals surface area contributed by atoms with E-state index in [0.29, 0.717) is 19.8 Å². The Morgan fingerprint density at radius 1 is 1.03 bits per heavy atom. The van der Waals surface area contributed by atoms with Gasteiger partial charge in [0.1, 0.15) is 29.7 Å². The molecule has 0 aliphatic rings. The van der Waals surface area contributed by atoms with E-state index in [2.05, 4.69) is 10.3 Å². The molecule has 29 heavy (non-hydrogen) atoms. The largest absolute Gasteiger partial charge is 0.491 e. The molecule has 0 atom stereocenters. The van der Waals surface area contributed by atoms with Crippen LogP contribution >= 0.6 is 11.3 Å². The third-order valence-corrected chi connectivity index (χ3v) is 5.27. The van der Waals surface area contributed by atoms with Gasteiger partial charge < -0.3 is 14.8 Å². The summed E-state index contributed by atoms with van der Waals surface area (Å²) in [6.07, 6.45) is 0.254. The molecule has 6 heteroatoms. The van der Waals surface area contributed by atoms with E-state index in [1.807, 2.05) is 68.6 Å². The molecule has 0 saturated carbocycles. The average molecular weight is 411 g/mol. The predicted molar refractivity (Wildman–Crippen MR) is 116 cm³/mol. The Kier molecular flexibility index (Phi) is 7.25. The molecule has 3 rings (SSSR count). The smallest absolute Gasteiger partial charge is 0.226 e. The molecule has 0 unspecified atom stereocenters. The van der Waals surface area contributed by atoms with E-state index in [4.69, 9.17) is 9.47 Å². The Labute approximate surface area is 175 Å². The summed E-state index contributed by atoms with van der Waals surface area (Å²) in [4.78, 5) is 16.6. The van der Waals surface area contributed by atoms with Gasteiger partial charge in [-0.15, -0.1) is 11.3 Å². The summed E-state index contributed by atoms with van der Waals surface area (Å²) in [5.41, 5.74) is 4.14. The van der Waals surface area contributed by atoms with Crippen LogP contribution in [0.3, 0.4) is 0 Å². The highest BCUT2D eigenvalue weighted by Gasteiger charge is 2.09. The molecule has 0 bridgehead atoms. The number of para-hydroxylation sites is 1. The Morgan fingerprint density at radius 2 is 1.76 bits per heavy atom. The fourth-order valence-corrected chi connectivity index (χ4v) is 3.58. The van der Waals surface area contributed by atoms with Crippen LogP contribution in [0.25, 0.3) is 0 Å². The lowest BCUT2D eigenvalue weighted by atomic mass is 10.1. The van der Waals surface area contributed by atoms with E-state index >= 15 is 0 Å². The Hall–Kier alpha value is -2.86. The van der Waals surface area contributed by atoms with E-state index in [-0.39, 0.29) is 12.3 Å². The molecule has 5 nitrogen and oxygen atoms in total. The SMILES string of the molecule is Cc1ccc(OCc2nc(CC(=O)NCCOc3c(C)cccc3C)cs2)cc1. The van der Waals surface area contributed by atoms with Gasteiger partial charge in [-0.05, 0) is 44.0 Å². The van der Waals surface area contributed by atoms with Crippen molar-refractivity contribution in [1.82, 2.24) is 10.3 Å². The maximum Gasteiger partial charge on any atom is 0.226 e. The van der Waals surface area contributed by atoms with Gasteiger partial charge in [0.05, 0.1) is 18.7 Å². The second-order valence-electron chi connectivity index (χ2n) is 6.93. The second-order valence-corrected chi connectivity index (χ2v) is 7.87. The Morgan fingerprint density at radius 3 is 2.48 bits per heavy atom. The molecule has 1 heterocycles. The summed E-state index contributed by atoms with van der Waals surface area (Å²) in [5, 5.41) is 5.64. The first-order chi connectivity index (χ1) is 14.0. The molecule has 1 N–H and O–H groups in total. The third kappa shape index (κ3) is 6.32. The Bertz CT molecular complexity index is 931. The number of hydrogen-bond acceptors (Lipinski definition) is 5. The van der Waals surface area contributed by atoms with Gasteiger partial charge in [-0.3, -0.25) is 4.79 Å². The van der Waals surface area contributed by atoms with Crippen LogP contribution in [-0.4, -0.2) is 24.0 Å². The highest BCUT2D eigenvalue weighted by Crippen LogP contribution is 2.22. The van der Waals surface area contributed by atoms with Gasteiger partial charge in [0.25, 0.3) is 0 Å². The van der Waals surface area contributed by atoms with Crippen molar-refractivity contribution in [2.45, 2.75) is 33.8 Å².